The fourth-order valence-electron chi connectivity index (χ4n) is 3.35. The fourth-order valence-corrected chi connectivity index (χ4v) is 3.35. The molecule has 0 aromatic rings. The first kappa shape index (κ1) is 14.3. The Hall–Kier alpha value is -0.160. The van der Waals surface area contributed by atoms with Gasteiger partial charge in [-0.25, -0.2) is 0 Å². The van der Waals surface area contributed by atoms with Crippen LogP contribution in [-0.4, -0.2) is 55.5 Å². The summed E-state index contributed by atoms with van der Waals surface area (Å²) in [6, 6.07) is 0. The predicted molar refractivity (Wildman–Crippen MR) is 72.7 cm³/mol. The third-order valence-electron chi connectivity index (χ3n) is 4.58. The van der Waals surface area contributed by atoms with Crippen LogP contribution in [0.2, 0.25) is 0 Å². The Balaban J connectivity index is 1.98. The van der Waals surface area contributed by atoms with Gasteiger partial charge in [-0.05, 0) is 39.2 Å². The minimum atomic E-state index is 0.0498. The monoisotopic (exact) mass is 256 g/mol. The van der Waals surface area contributed by atoms with E-state index in [0.29, 0.717) is 12.6 Å². The molecule has 18 heavy (non-hydrogen) atoms. The van der Waals surface area contributed by atoms with Crippen molar-refractivity contribution in [3.8, 4) is 0 Å². The van der Waals surface area contributed by atoms with Gasteiger partial charge in [-0.1, -0.05) is 6.92 Å². The Morgan fingerprint density at radius 2 is 2.33 bits per heavy atom. The maximum absolute atomic E-state index is 6.07. The lowest BCUT2D eigenvalue weighted by Gasteiger charge is -2.46. The average molecular weight is 256 g/mol. The van der Waals surface area contributed by atoms with Gasteiger partial charge in [0, 0.05) is 26.3 Å². The molecule has 106 valence electrons. The van der Waals surface area contributed by atoms with Crippen LogP contribution in [0.5, 0.6) is 0 Å². The first-order chi connectivity index (χ1) is 8.73. The summed E-state index contributed by atoms with van der Waals surface area (Å²) in [5, 5.41) is 0. The number of nitrogens with zero attached hydrogens (tertiary/aromatic N) is 1. The van der Waals surface area contributed by atoms with Crippen LogP contribution in [0.25, 0.3) is 0 Å². The maximum atomic E-state index is 6.07. The molecule has 0 amide bonds. The number of hydrogen-bond acceptors (Lipinski definition) is 4. The summed E-state index contributed by atoms with van der Waals surface area (Å²) in [6.45, 7) is 8.89. The van der Waals surface area contributed by atoms with Crippen LogP contribution in [0.1, 0.15) is 39.5 Å². The van der Waals surface area contributed by atoms with Crippen molar-refractivity contribution in [1.82, 2.24) is 4.90 Å². The van der Waals surface area contributed by atoms with E-state index in [9.17, 15) is 0 Å². The number of piperidine rings is 1. The molecule has 0 aromatic heterocycles. The van der Waals surface area contributed by atoms with Crippen LogP contribution < -0.4 is 5.73 Å². The number of nitrogens with two attached hydrogens (primary N) is 1. The van der Waals surface area contributed by atoms with Gasteiger partial charge in [0.25, 0.3) is 0 Å². The fraction of sp³-hybridized carbons (Fsp3) is 1.00. The Labute approximate surface area is 111 Å². The molecule has 2 rings (SSSR count). The summed E-state index contributed by atoms with van der Waals surface area (Å²) in [6.07, 6.45) is 5.18. The summed E-state index contributed by atoms with van der Waals surface area (Å²) in [5.41, 5.74) is 6.12. The highest BCUT2D eigenvalue weighted by molar-refractivity contribution is 5.02. The zero-order chi connectivity index (χ0) is 13.0. The second-order valence-corrected chi connectivity index (χ2v) is 5.65. The smallest absolute Gasteiger partial charge is 0.0743 e. The molecule has 2 heterocycles. The van der Waals surface area contributed by atoms with Gasteiger partial charge in [0.1, 0.15) is 0 Å². The third kappa shape index (κ3) is 2.72. The van der Waals surface area contributed by atoms with E-state index in [0.717, 1.165) is 39.1 Å². The highest BCUT2D eigenvalue weighted by atomic mass is 16.5. The lowest BCUT2D eigenvalue weighted by molar-refractivity contribution is -0.0550. The van der Waals surface area contributed by atoms with Crippen molar-refractivity contribution >= 4 is 0 Å². The largest absolute Gasteiger partial charge is 0.377 e. The SMILES string of the molecule is CCCOC1CCCN(C2(CN)CCOC2C)C1. The van der Waals surface area contributed by atoms with Crippen molar-refractivity contribution in [3.63, 3.8) is 0 Å². The Morgan fingerprint density at radius 3 is 2.94 bits per heavy atom. The van der Waals surface area contributed by atoms with E-state index in [1.54, 1.807) is 0 Å². The predicted octanol–water partition coefficient (Wildman–Crippen LogP) is 1.38. The molecule has 0 aliphatic carbocycles. The van der Waals surface area contributed by atoms with Crippen molar-refractivity contribution in [3.05, 3.63) is 0 Å². The minimum absolute atomic E-state index is 0.0498. The van der Waals surface area contributed by atoms with Gasteiger partial charge < -0.3 is 15.2 Å². The molecule has 0 saturated carbocycles. The van der Waals surface area contributed by atoms with Crippen molar-refractivity contribution < 1.29 is 9.47 Å². The van der Waals surface area contributed by atoms with E-state index in [4.69, 9.17) is 15.2 Å². The molecule has 3 unspecified atom stereocenters. The zero-order valence-electron chi connectivity index (χ0n) is 11.9. The summed E-state index contributed by atoms with van der Waals surface area (Å²) in [4.78, 5) is 2.54. The maximum Gasteiger partial charge on any atom is 0.0743 e. The molecule has 2 aliphatic rings. The van der Waals surface area contributed by atoms with Crippen LogP contribution >= 0.6 is 0 Å². The molecule has 0 radical (unpaired) electrons. The van der Waals surface area contributed by atoms with Crippen LogP contribution in [0.4, 0.5) is 0 Å². The van der Waals surface area contributed by atoms with Gasteiger partial charge in [0.05, 0.1) is 17.7 Å². The quantitative estimate of drug-likeness (QED) is 0.807. The molecule has 3 atom stereocenters. The van der Waals surface area contributed by atoms with Gasteiger partial charge in [-0.2, -0.15) is 0 Å². The molecule has 2 aliphatic heterocycles. The molecule has 2 fully saturated rings. The molecular formula is C14H28N2O2. The van der Waals surface area contributed by atoms with E-state index >= 15 is 0 Å². The second kappa shape index (κ2) is 6.33. The number of hydrogen-bond donors (Lipinski definition) is 1. The summed E-state index contributed by atoms with van der Waals surface area (Å²) < 4.78 is 11.7. The minimum Gasteiger partial charge on any atom is -0.377 e. The first-order valence-electron chi connectivity index (χ1n) is 7.41. The van der Waals surface area contributed by atoms with Crippen LogP contribution in [0.3, 0.4) is 0 Å². The highest BCUT2D eigenvalue weighted by Gasteiger charge is 2.46. The molecular weight excluding hydrogens is 228 g/mol. The van der Waals surface area contributed by atoms with Crippen molar-refractivity contribution in [1.29, 1.82) is 0 Å². The number of likely N-dealkylation sites (tertiary alicyclic amines) is 1. The molecule has 4 heteroatoms. The summed E-state index contributed by atoms with van der Waals surface area (Å²) >= 11 is 0. The first-order valence-corrected chi connectivity index (χ1v) is 7.41. The van der Waals surface area contributed by atoms with Gasteiger partial charge in [-0.3, -0.25) is 4.90 Å². The van der Waals surface area contributed by atoms with Crippen molar-refractivity contribution in [2.75, 3.05) is 32.8 Å². The summed E-state index contributed by atoms with van der Waals surface area (Å²) in [5.74, 6) is 0. The number of rotatable bonds is 5. The van der Waals surface area contributed by atoms with E-state index in [2.05, 4.69) is 18.7 Å². The van der Waals surface area contributed by atoms with E-state index in [-0.39, 0.29) is 11.6 Å². The lowest BCUT2D eigenvalue weighted by Crippen LogP contribution is -2.61. The van der Waals surface area contributed by atoms with Crippen LogP contribution in [0, 0.1) is 0 Å². The molecule has 2 N–H and O–H groups in total. The van der Waals surface area contributed by atoms with Gasteiger partial charge in [-0.15, -0.1) is 0 Å². The van der Waals surface area contributed by atoms with Crippen molar-refractivity contribution in [2.45, 2.75) is 57.3 Å². The Kier molecular flexibility index (Phi) is 5.01. The second-order valence-electron chi connectivity index (χ2n) is 5.65. The van der Waals surface area contributed by atoms with Gasteiger partial charge in [0.2, 0.25) is 0 Å². The normalized spacial score (nSPS) is 38.2. The highest BCUT2D eigenvalue weighted by Crippen LogP contribution is 2.33. The molecule has 4 nitrogen and oxygen atoms in total. The Bertz CT molecular complexity index is 262. The molecule has 0 aromatic carbocycles. The zero-order valence-corrected chi connectivity index (χ0v) is 11.9. The standard InChI is InChI=1S/C14H28N2O2/c1-3-8-18-13-5-4-7-16(10-13)14(11-15)6-9-17-12(14)2/h12-13H,3-11,15H2,1-2H3. The van der Waals surface area contributed by atoms with E-state index in [1.807, 2.05) is 0 Å². The van der Waals surface area contributed by atoms with Gasteiger partial charge in [0.15, 0.2) is 0 Å². The molecule has 2 saturated heterocycles. The number of ether oxygens (including phenoxy) is 2. The topological polar surface area (TPSA) is 47.7 Å². The average Bonchev–Trinajstić information content (AvgIpc) is 2.79. The van der Waals surface area contributed by atoms with Crippen molar-refractivity contribution in [2.24, 2.45) is 5.73 Å². The van der Waals surface area contributed by atoms with Gasteiger partial charge >= 0.3 is 0 Å². The van der Waals surface area contributed by atoms with E-state index in [1.165, 1.54) is 12.8 Å². The lowest BCUT2D eigenvalue weighted by atomic mass is 9.87. The van der Waals surface area contributed by atoms with E-state index < -0.39 is 0 Å². The van der Waals surface area contributed by atoms with Crippen LogP contribution in [-0.2, 0) is 9.47 Å². The van der Waals surface area contributed by atoms with Crippen LogP contribution in [0.15, 0.2) is 0 Å². The third-order valence-corrected chi connectivity index (χ3v) is 4.58. The molecule has 0 spiro atoms. The summed E-state index contributed by atoms with van der Waals surface area (Å²) in [7, 11) is 0. The Morgan fingerprint density at radius 1 is 1.50 bits per heavy atom. The molecule has 0 bridgehead atoms.